The van der Waals surface area contributed by atoms with Gasteiger partial charge in [0.25, 0.3) is 0 Å². The zero-order chi connectivity index (χ0) is 77.6. The average Bonchev–Trinajstić information content (AvgIpc) is 0.878. The summed E-state index contributed by atoms with van der Waals surface area (Å²) < 4.78 is 128. The first-order chi connectivity index (χ1) is 53.0. The van der Waals surface area contributed by atoms with E-state index < -0.39 is 38.6 Å². The number of rotatable bonds is 84. The van der Waals surface area contributed by atoms with Crippen molar-refractivity contribution in [2.24, 2.45) is 0 Å². The quantitative estimate of drug-likeness (QED) is 0.0207. The number of carboxylic acids is 2. The Hall–Kier alpha value is -5.44. The summed E-state index contributed by atoms with van der Waals surface area (Å²) >= 11 is -3.27. The van der Waals surface area contributed by atoms with Gasteiger partial charge in [-0.25, -0.2) is 0 Å². The molecular weight excluding hydrogens is 1480 g/mol. The van der Waals surface area contributed by atoms with Crippen LogP contribution in [-0.4, -0.2) is 299 Å². The zero-order valence-electron chi connectivity index (χ0n) is 64.0. The molecule has 0 saturated heterocycles. The van der Waals surface area contributed by atoms with Crippen molar-refractivity contribution < 1.29 is 137 Å². The van der Waals surface area contributed by atoms with E-state index >= 15 is 0 Å². The van der Waals surface area contributed by atoms with Crippen LogP contribution in [0, 0.1) is 0 Å². The Bertz CT molecular complexity index is 2290. The monoisotopic (exact) mass is 1610 g/mol. The molecule has 2 rings (SSSR count). The maximum atomic E-state index is 12.9. The van der Waals surface area contributed by atoms with Gasteiger partial charge in [0.05, 0.1) is 172 Å². The number of benzene rings is 2. The number of carboxylic acid groups (broad SMARTS) is 2. The molecule has 0 saturated carbocycles. The minimum absolute atomic E-state index is 0.0567. The summed E-state index contributed by atoms with van der Waals surface area (Å²) in [6.45, 7) is 13.1. The molecule has 0 unspecified atom stereocenters. The van der Waals surface area contributed by atoms with Gasteiger partial charge in [0.15, 0.2) is 0 Å². The van der Waals surface area contributed by atoms with Crippen LogP contribution in [0.1, 0.15) is 162 Å². The summed E-state index contributed by atoms with van der Waals surface area (Å²) in [5.74, 6) is -2.90. The Balaban J connectivity index is 1.26. The van der Waals surface area contributed by atoms with Gasteiger partial charge in [-0.3, -0.25) is 19.2 Å². The van der Waals surface area contributed by atoms with E-state index in [4.69, 9.17) is 105 Å². The van der Waals surface area contributed by atoms with Crippen LogP contribution in [0.15, 0.2) is 48.5 Å². The van der Waals surface area contributed by atoms with Crippen LogP contribution in [-0.2, 0) is 118 Å². The van der Waals surface area contributed by atoms with Crippen molar-refractivity contribution in [1.82, 2.24) is 0 Å². The Morgan fingerprint density at radius 3 is 0.593 bits per heavy atom. The number of hydrogen-bond acceptors (Lipinski definition) is 27. The van der Waals surface area contributed by atoms with Crippen molar-refractivity contribution in [3.8, 4) is 0 Å². The predicted octanol–water partition coefficient (Wildman–Crippen LogP) is 9.04. The number of anilines is 2. The first kappa shape index (κ1) is 98.6. The maximum absolute atomic E-state index is 12.9. The molecule has 2 aromatic carbocycles. The fraction of sp³-hybridized carbons (Fsp3) is 0.763. The number of nitrogens with one attached hydrogen (secondary N) is 2. The number of carbonyl (C=O) groups excluding carboxylic acids is 4. The van der Waals surface area contributed by atoms with Gasteiger partial charge in [-0.2, -0.15) is 0 Å². The van der Waals surface area contributed by atoms with Crippen LogP contribution < -0.4 is 8.55 Å². The second-order valence-corrected chi connectivity index (χ2v) is 26.8. The van der Waals surface area contributed by atoms with E-state index in [1.165, 1.54) is 0 Å². The van der Waals surface area contributed by atoms with Gasteiger partial charge >= 0.3 is 215 Å². The first-order valence-corrected chi connectivity index (χ1v) is 41.6. The number of esters is 4. The van der Waals surface area contributed by atoms with Gasteiger partial charge in [0, 0.05) is 25.7 Å². The summed E-state index contributed by atoms with van der Waals surface area (Å²) in [4.78, 5) is 70.0. The molecule has 0 bridgehead atoms. The average molecular weight is 1610 g/mol. The van der Waals surface area contributed by atoms with Gasteiger partial charge in [0.2, 0.25) is 0 Å². The van der Waals surface area contributed by atoms with Crippen molar-refractivity contribution in [2.45, 2.75) is 141 Å². The molecule has 0 aliphatic rings. The van der Waals surface area contributed by atoms with Crippen LogP contribution in [0.4, 0.5) is 11.4 Å². The molecule has 0 fully saturated rings. The molecule has 620 valence electrons. The molecule has 0 radical (unpaired) electrons. The van der Waals surface area contributed by atoms with Crippen LogP contribution >= 0.6 is 0 Å². The molecule has 0 amide bonds. The normalized spacial score (nSPS) is 11.3. The van der Waals surface area contributed by atoms with Crippen molar-refractivity contribution in [2.75, 3.05) is 246 Å². The van der Waals surface area contributed by atoms with Crippen LogP contribution in [0.5, 0.6) is 0 Å². The van der Waals surface area contributed by atoms with Crippen molar-refractivity contribution >= 4 is 61.9 Å². The van der Waals surface area contributed by atoms with E-state index in [0.717, 1.165) is 116 Å². The van der Waals surface area contributed by atoms with E-state index in [-0.39, 0.29) is 64.4 Å². The first-order valence-electron chi connectivity index (χ1n) is 38.6. The van der Waals surface area contributed by atoms with Gasteiger partial charge in [0.1, 0.15) is 13.2 Å². The second kappa shape index (κ2) is 76.9. The molecule has 0 heterocycles. The standard InChI is InChI=1S/C76H128GeN2O29/c80-71(81)19-15-11-7-3-1-5-9-13-17-21-73(84)105-63-59-101-55-51-97-47-43-93-39-35-89-31-33-91-37-41-95-45-49-99-53-57-103-61-65-107-75(86)67-23-27-69(28-24-67)78-77(88)79-70-29-25-68(26-30-70)76(87)108-66-62-104-58-54-100-50-46-96-42-38-92-34-32-90-36-40-94-44-48-98-52-56-102-60-64-106-74(85)22-18-14-10-6-2-4-8-12-16-20-72(82)83/h23-30,78-79H,1-22,31-66H2,(H,80,81)(H,82,83). The fourth-order valence-corrected chi connectivity index (χ4v) is 11.6. The molecule has 4 N–H and O–H groups in total. The van der Waals surface area contributed by atoms with Crippen molar-refractivity contribution in [3.63, 3.8) is 0 Å². The molecule has 2 aromatic rings. The van der Waals surface area contributed by atoms with E-state index in [1.54, 1.807) is 48.5 Å². The minimum atomic E-state index is -3.27. The van der Waals surface area contributed by atoms with Gasteiger partial charge in [-0.1, -0.05) is 89.9 Å². The third-order valence-corrected chi connectivity index (χ3v) is 17.6. The predicted molar refractivity (Wildman–Crippen MR) is 399 cm³/mol. The van der Waals surface area contributed by atoms with Gasteiger partial charge < -0.3 is 86.0 Å². The second-order valence-electron chi connectivity index (χ2n) is 24.4. The van der Waals surface area contributed by atoms with Crippen LogP contribution in [0.2, 0.25) is 0 Å². The summed E-state index contributed by atoms with van der Waals surface area (Å²) in [7, 11) is 0. The summed E-state index contributed by atoms with van der Waals surface area (Å²) in [5.41, 5.74) is 1.75. The SMILES string of the molecule is O=C(O)CCCCCCCCCCCC(=O)OCCOCCOCCOCCOCCOCCOCCOCCOCCOC(=O)c1ccc([NH][Ge](=[O])[NH]c2ccc(C(=O)OCCOCCOCCOCCOCCOCCOCCOCCOCCOC(=O)CCCCCCCCCCCC(=O)O)cc2)cc1. The van der Waals surface area contributed by atoms with Gasteiger partial charge in [-0.05, 0) is 25.7 Å². The Morgan fingerprint density at radius 1 is 0.231 bits per heavy atom. The fourth-order valence-electron chi connectivity index (χ4n) is 9.65. The van der Waals surface area contributed by atoms with Crippen molar-refractivity contribution in [3.05, 3.63) is 59.7 Å². The number of ether oxygens (including phenoxy) is 20. The molecule has 0 atom stereocenters. The van der Waals surface area contributed by atoms with Crippen LogP contribution in [0.3, 0.4) is 0 Å². The third-order valence-electron chi connectivity index (χ3n) is 15.4. The molecular formula is C76H128GeN2O29. The Morgan fingerprint density at radius 2 is 0.398 bits per heavy atom. The molecule has 31 nitrogen and oxygen atoms in total. The van der Waals surface area contributed by atoms with E-state index in [9.17, 15) is 32.5 Å². The molecule has 108 heavy (non-hydrogen) atoms. The topological polar surface area (TPSA) is 369 Å². The third kappa shape index (κ3) is 68.6. The molecule has 32 heteroatoms. The van der Waals surface area contributed by atoms with E-state index in [0.29, 0.717) is 234 Å². The number of carbonyl (C=O) groups is 6. The number of aliphatic carboxylic acids is 2. The summed E-state index contributed by atoms with van der Waals surface area (Å²) in [6, 6.07) is 12.8. The molecule has 0 aliphatic carbocycles. The van der Waals surface area contributed by atoms with E-state index in [1.807, 2.05) is 0 Å². The molecule has 0 aliphatic heterocycles. The molecule has 0 spiro atoms. The zero-order valence-corrected chi connectivity index (χ0v) is 66.1. The van der Waals surface area contributed by atoms with Gasteiger partial charge in [-0.15, -0.1) is 0 Å². The summed E-state index contributed by atoms with van der Waals surface area (Å²) in [6.07, 6.45) is 19.6. The summed E-state index contributed by atoms with van der Waals surface area (Å²) in [5, 5.41) is 17.3. The Labute approximate surface area is 643 Å². The van der Waals surface area contributed by atoms with Crippen molar-refractivity contribution in [1.29, 1.82) is 0 Å². The Kier molecular flexibility index (Phi) is 70.2. The molecule has 0 aromatic heterocycles. The van der Waals surface area contributed by atoms with Crippen LogP contribution in [0.25, 0.3) is 0 Å². The van der Waals surface area contributed by atoms with E-state index in [2.05, 4.69) is 8.55 Å². The number of hydrogen-bond donors (Lipinski definition) is 4. The number of unbranched alkanes of at least 4 members (excludes halogenated alkanes) is 16.